The van der Waals surface area contributed by atoms with Gasteiger partial charge in [0.25, 0.3) is 5.91 Å². The Morgan fingerprint density at radius 3 is 2.57 bits per heavy atom. The minimum atomic E-state index is -0.448. The van der Waals surface area contributed by atoms with Crippen molar-refractivity contribution < 1.29 is 33.3 Å². The first kappa shape index (κ1) is 21.3. The van der Waals surface area contributed by atoms with Gasteiger partial charge in [0.15, 0.2) is 29.6 Å². The molecular weight excluding hydrogens is 390 g/mol. The number of fused-ring (bicyclic) bond motifs is 1. The van der Waals surface area contributed by atoms with Crippen LogP contribution < -0.4 is 24.3 Å². The van der Waals surface area contributed by atoms with Crippen LogP contribution in [0.1, 0.15) is 30.5 Å². The fraction of sp³-hybridized carbons (Fsp3) is 0.364. The minimum Gasteiger partial charge on any atom is -0.493 e. The van der Waals surface area contributed by atoms with E-state index in [0.29, 0.717) is 29.4 Å². The summed E-state index contributed by atoms with van der Waals surface area (Å²) in [5, 5.41) is 2.80. The van der Waals surface area contributed by atoms with Gasteiger partial charge in [-0.05, 0) is 48.7 Å². The molecule has 2 aromatic carbocycles. The highest BCUT2D eigenvalue weighted by Crippen LogP contribution is 2.34. The van der Waals surface area contributed by atoms with E-state index < -0.39 is 5.97 Å². The second-order valence-electron chi connectivity index (χ2n) is 6.75. The van der Waals surface area contributed by atoms with E-state index in [-0.39, 0.29) is 31.8 Å². The molecule has 8 heteroatoms. The highest BCUT2D eigenvalue weighted by molar-refractivity contribution is 5.81. The van der Waals surface area contributed by atoms with Crippen LogP contribution in [-0.4, -0.2) is 39.5 Å². The molecule has 0 spiro atoms. The number of carbonyl (C=O) groups is 2. The number of esters is 1. The molecule has 160 valence electrons. The summed E-state index contributed by atoms with van der Waals surface area (Å²) in [6, 6.07) is 10.7. The summed E-state index contributed by atoms with van der Waals surface area (Å²) >= 11 is 0. The molecule has 1 aliphatic heterocycles. The van der Waals surface area contributed by atoms with E-state index in [1.807, 2.05) is 31.2 Å². The van der Waals surface area contributed by atoms with Crippen LogP contribution >= 0.6 is 0 Å². The summed E-state index contributed by atoms with van der Waals surface area (Å²) < 4.78 is 26.2. The number of aryl methyl sites for hydroxylation is 1. The second kappa shape index (κ2) is 9.87. The number of hydrogen-bond donors (Lipinski definition) is 1. The molecule has 1 aliphatic rings. The Balaban J connectivity index is 1.42. The van der Waals surface area contributed by atoms with Gasteiger partial charge in [0.1, 0.15) is 0 Å². The van der Waals surface area contributed by atoms with Gasteiger partial charge < -0.3 is 29.0 Å². The predicted molar refractivity (Wildman–Crippen MR) is 108 cm³/mol. The Morgan fingerprint density at radius 2 is 1.80 bits per heavy atom. The van der Waals surface area contributed by atoms with Gasteiger partial charge in [-0.2, -0.15) is 0 Å². The standard InChI is InChI=1S/C22H25NO7/c1-14(16-6-8-18-20(11-16)30-13-29-18)23-21(24)12-28-22(25)9-5-15-4-7-17(26-2)19(10-15)27-3/h4,6-8,10-11,14H,5,9,12-13H2,1-3H3,(H,23,24)/t14-/m0/s1. The smallest absolute Gasteiger partial charge is 0.306 e. The monoisotopic (exact) mass is 415 g/mol. The van der Waals surface area contributed by atoms with Crippen LogP contribution in [0.4, 0.5) is 0 Å². The molecule has 1 atom stereocenters. The van der Waals surface area contributed by atoms with Crippen molar-refractivity contribution in [3.05, 3.63) is 47.5 Å². The van der Waals surface area contributed by atoms with E-state index in [2.05, 4.69) is 5.32 Å². The van der Waals surface area contributed by atoms with Gasteiger partial charge >= 0.3 is 5.97 Å². The lowest BCUT2D eigenvalue weighted by molar-refractivity contribution is -0.148. The van der Waals surface area contributed by atoms with E-state index in [4.69, 9.17) is 23.7 Å². The lowest BCUT2D eigenvalue weighted by Crippen LogP contribution is -2.31. The molecule has 0 unspecified atom stereocenters. The zero-order chi connectivity index (χ0) is 21.5. The molecule has 0 bridgehead atoms. The van der Waals surface area contributed by atoms with Gasteiger partial charge in [-0.3, -0.25) is 9.59 Å². The summed E-state index contributed by atoms with van der Waals surface area (Å²) in [6.45, 7) is 1.70. The summed E-state index contributed by atoms with van der Waals surface area (Å²) in [6.07, 6.45) is 0.620. The van der Waals surface area contributed by atoms with Gasteiger partial charge in [-0.25, -0.2) is 0 Å². The van der Waals surface area contributed by atoms with Gasteiger partial charge in [0, 0.05) is 6.42 Å². The summed E-state index contributed by atoms with van der Waals surface area (Å²) in [7, 11) is 3.12. The molecular formula is C22H25NO7. The summed E-state index contributed by atoms with van der Waals surface area (Å²) in [4.78, 5) is 24.1. The third-order valence-electron chi connectivity index (χ3n) is 4.70. The van der Waals surface area contributed by atoms with Crippen molar-refractivity contribution in [2.24, 2.45) is 0 Å². The highest BCUT2D eigenvalue weighted by atomic mass is 16.7. The Morgan fingerprint density at radius 1 is 1.03 bits per heavy atom. The van der Waals surface area contributed by atoms with Gasteiger partial charge in [0.05, 0.1) is 20.3 Å². The first-order valence-corrected chi connectivity index (χ1v) is 9.55. The predicted octanol–water partition coefficient (Wildman–Crippen LogP) is 2.79. The zero-order valence-corrected chi connectivity index (χ0v) is 17.2. The summed E-state index contributed by atoms with van der Waals surface area (Å²) in [5.74, 6) is 1.73. The number of methoxy groups -OCH3 is 2. The number of hydrogen-bond acceptors (Lipinski definition) is 7. The SMILES string of the molecule is COc1ccc(CCC(=O)OCC(=O)N[C@@H](C)c2ccc3c(c2)OCO3)cc1OC. The Hall–Kier alpha value is -3.42. The van der Waals surface area contributed by atoms with Crippen molar-refractivity contribution in [2.75, 3.05) is 27.6 Å². The van der Waals surface area contributed by atoms with Crippen LogP contribution in [0.3, 0.4) is 0 Å². The van der Waals surface area contributed by atoms with Crippen LogP contribution in [0.15, 0.2) is 36.4 Å². The van der Waals surface area contributed by atoms with E-state index in [0.717, 1.165) is 11.1 Å². The average molecular weight is 415 g/mol. The van der Waals surface area contributed by atoms with Crippen molar-refractivity contribution >= 4 is 11.9 Å². The lowest BCUT2D eigenvalue weighted by atomic mass is 10.1. The molecule has 8 nitrogen and oxygen atoms in total. The number of ether oxygens (including phenoxy) is 5. The first-order valence-electron chi connectivity index (χ1n) is 9.55. The van der Waals surface area contributed by atoms with Crippen molar-refractivity contribution in [2.45, 2.75) is 25.8 Å². The molecule has 1 amide bonds. The molecule has 30 heavy (non-hydrogen) atoms. The van der Waals surface area contributed by atoms with Crippen LogP contribution in [0.25, 0.3) is 0 Å². The Bertz CT molecular complexity index is 912. The van der Waals surface area contributed by atoms with Gasteiger partial charge in [-0.15, -0.1) is 0 Å². The van der Waals surface area contributed by atoms with Crippen molar-refractivity contribution in [1.29, 1.82) is 0 Å². The van der Waals surface area contributed by atoms with E-state index in [1.54, 1.807) is 26.4 Å². The zero-order valence-electron chi connectivity index (χ0n) is 17.2. The van der Waals surface area contributed by atoms with E-state index in [9.17, 15) is 9.59 Å². The molecule has 3 rings (SSSR count). The number of amides is 1. The molecule has 1 N–H and O–H groups in total. The van der Waals surface area contributed by atoms with Gasteiger partial charge in [0.2, 0.25) is 6.79 Å². The van der Waals surface area contributed by atoms with E-state index >= 15 is 0 Å². The average Bonchev–Trinajstić information content (AvgIpc) is 3.23. The number of rotatable bonds is 9. The third-order valence-corrected chi connectivity index (χ3v) is 4.70. The molecule has 0 saturated heterocycles. The first-order chi connectivity index (χ1) is 14.5. The lowest BCUT2D eigenvalue weighted by Gasteiger charge is -2.15. The topological polar surface area (TPSA) is 92.3 Å². The quantitative estimate of drug-likeness (QED) is 0.630. The Labute approximate surface area is 175 Å². The van der Waals surface area contributed by atoms with Crippen LogP contribution in [0.2, 0.25) is 0 Å². The maximum Gasteiger partial charge on any atom is 0.306 e. The van der Waals surface area contributed by atoms with Crippen LogP contribution in [-0.2, 0) is 20.7 Å². The van der Waals surface area contributed by atoms with Crippen LogP contribution in [0.5, 0.6) is 23.0 Å². The molecule has 0 aromatic heterocycles. The molecule has 1 heterocycles. The van der Waals surface area contributed by atoms with Crippen molar-refractivity contribution in [3.63, 3.8) is 0 Å². The number of benzene rings is 2. The van der Waals surface area contributed by atoms with E-state index in [1.165, 1.54) is 0 Å². The number of carbonyl (C=O) groups excluding carboxylic acids is 2. The summed E-state index contributed by atoms with van der Waals surface area (Å²) in [5.41, 5.74) is 1.78. The molecule has 0 aliphatic carbocycles. The highest BCUT2D eigenvalue weighted by Gasteiger charge is 2.17. The fourth-order valence-electron chi connectivity index (χ4n) is 3.05. The maximum absolute atomic E-state index is 12.1. The maximum atomic E-state index is 12.1. The Kier molecular flexibility index (Phi) is 7.00. The largest absolute Gasteiger partial charge is 0.493 e. The second-order valence-corrected chi connectivity index (χ2v) is 6.75. The van der Waals surface area contributed by atoms with Crippen molar-refractivity contribution in [1.82, 2.24) is 5.32 Å². The minimum absolute atomic E-state index is 0.153. The normalized spacial score (nSPS) is 12.8. The molecule has 2 aromatic rings. The molecule has 0 saturated carbocycles. The number of nitrogens with one attached hydrogen (secondary N) is 1. The van der Waals surface area contributed by atoms with Crippen molar-refractivity contribution in [3.8, 4) is 23.0 Å². The molecule has 0 radical (unpaired) electrons. The third kappa shape index (κ3) is 5.34. The molecule has 0 fully saturated rings. The fourth-order valence-corrected chi connectivity index (χ4v) is 3.05. The van der Waals surface area contributed by atoms with Gasteiger partial charge in [-0.1, -0.05) is 12.1 Å². The van der Waals surface area contributed by atoms with Crippen LogP contribution in [0, 0.1) is 0 Å².